The van der Waals surface area contributed by atoms with E-state index in [9.17, 15) is 0 Å². The van der Waals surface area contributed by atoms with E-state index in [1.807, 2.05) is 0 Å². The molecule has 0 aromatic carbocycles. The average Bonchev–Trinajstić information content (AvgIpc) is 3.01. The van der Waals surface area contributed by atoms with Crippen molar-refractivity contribution < 1.29 is 9.47 Å². The second kappa shape index (κ2) is 8.17. The lowest BCUT2D eigenvalue weighted by atomic mass is 10.2. The van der Waals surface area contributed by atoms with Crippen LogP contribution in [0.3, 0.4) is 0 Å². The molecule has 2 rings (SSSR count). The molecule has 0 saturated carbocycles. The number of nitrogens with one attached hydrogen (secondary N) is 1. The minimum atomic E-state index is 0.220. The minimum Gasteiger partial charge on any atom is -0.476 e. The highest BCUT2D eigenvalue weighted by Crippen LogP contribution is 2.29. The van der Waals surface area contributed by atoms with Gasteiger partial charge >= 0.3 is 0 Å². The third kappa shape index (κ3) is 4.47. The summed E-state index contributed by atoms with van der Waals surface area (Å²) in [7, 11) is 0. The molecule has 0 aliphatic carbocycles. The van der Waals surface area contributed by atoms with E-state index in [2.05, 4.69) is 36.1 Å². The number of anilines is 2. The predicted molar refractivity (Wildman–Crippen MR) is 88.4 cm³/mol. The van der Waals surface area contributed by atoms with E-state index in [-0.39, 0.29) is 12.0 Å². The first kappa shape index (κ1) is 16.8. The van der Waals surface area contributed by atoms with E-state index >= 15 is 0 Å². The third-order valence-electron chi connectivity index (χ3n) is 3.70. The maximum atomic E-state index is 6.17. The molecule has 1 atom stereocenters. The lowest BCUT2D eigenvalue weighted by Crippen LogP contribution is -2.20. The smallest absolute Gasteiger partial charge is 0.242 e. The van der Waals surface area contributed by atoms with Crippen LogP contribution in [0.4, 0.5) is 11.5 Å². The van der Waals surface area contributed by atoms with Crippen LogP contribution < -0.4 is 15.8 Å². The van der Waals surface area contributed by atoms with Crippen molar-refractivity contribution in [1.29, 1.82) is 0 Å². The van der Waals surface area contributed by atoms with Gasteiger partial charge in [0, 0.05) is 19.1 Å². The zero-order valence-corrected chi connectivity index (χ0v) is 13.9. The van der Waals surface area contributed by atoms with Crippen molar-refractivity contribution in [1.82, 2.24) is 9.97 Å². The van der Waals surface area contributed by atoms with Crippen molar-refractivity contribution in [3.05, 3.63) is 5.82 Å². The molecule has 0 radical (unpaired) electrons. The van der Waals surface area contributed by atoms with Gasteiger partial charge in [-0.25, -0.2) is 4.98 Å². The van der Waals surface area contributed by atoms with Gasteiger partial charge in [-0.15, -0.1) is 0 Å². The van der Waals surface area contributed by atoms with Crippen LogP contribution in [0.5, 0.6) is 5.88 Å². The van der Waals surface area contributed by atoms with Crippen molar-refractivity contribution in [2.24, 2.45) is 0 Å². The Labute approximate surface area is 132 Å². The summed E-state index contributed by atoms with van der Waals surface area (Å²) in [5.41, 5.74) is 6.65. The summed E-state index contributed by atoms with van der Waals surface area (Å²) in [6, 6.07) is 0. The highest BCUT2D eigenvalue weighted by molar-refractivity contribution is 5.67. The molecule has 6 nitrogen and oxygen atoms in total. The molecule has 0 amide bonds. The zero-order chi connectivity index (χ0) is 15.9. The predicted octanol–water partition coefficient (Wildman–Crippen LogP) is 2.95. The van der Waals surface area contributed by atoms with Gasteiger partial charge in [0.2, 0.25) is 5.88 Å². The molecule has 0 bridgehead atoms. The van der Waals surface area contributed by atoms with E-state index in [0.29, 0.717) is 30.5 Å². The number of hydrogen-bond acceptors (Lipinski definition) is 6. The molecular weight excluding hydrogens is 280 g/mol. The SMILES string of the molecule is CCCCOc1nc(C(C)C)nc(NCC2CCCO2)c1N. The van der Waals surface area contributed by atoms with Gasteiger partial charge in [-0.05, 0) is 19.3 Å². The molecule has 6 heteroatoms. The van der Waals surface area contributed by atoms with Crippen LogP contribution >= 0.6 is 0 Å². The topological polar surface area (TPSA) is 82.3 Å². The molecule has 1 aromatic rings. The molecule has 1 saturated heterocycles. The zero-order valence-electron chi connectivity index (χ0n) is 13.9. The number of nitrogens with two attached hydrogens (primary N) is 1. The van der Waals surface area contributed by atoms with Gasteiger partial charge in [0.15, 0.2) is 5.82 Å². The maximum absolute atomic E-state index is 6.17. The van der Waals surface area contributed by atoms with Crippen molar-refractivity contribution in [3.63, 3.8) is 0 Å². The molecule has 1 aromatic heterocycles. The van der Waals surface area contributed by atoms with Crippen molar-refractivity contribution in [2.45, 2.75) is 58.5 Å². The van der Waals surface area contributed by atoms with Gasteiger partial charge in [0.05, 0.1) is 12.7 Å². The van der Waals surface area contributed by atoms with Crippen LogP contribution in [0.15, 0.2) is 0 Å². The summed E-state index contributed by atoms with van der Waals surface area (Å²) in [4.78, 5) is 8.99. The molecule has 1 aliphatic heterocycles. The number of nitrogen functional groups attached to an aromatic ring is 1. The number of nitrogens with zero attached hydrogens (tertiary/aromatic N) is 2. The first-order valence-corrected chi connectivity index (χ1v) is 8.27. The van der Waals surface area contributed by atoms with Crippen LogP contribution in [0.2, 0.25) is 0 Å². The van der Waals surface area contributed by atoms with E-state index < -0.39 is 0 Å². The van der Waals surface area contributed by atoms with Crippen molar-refractivity contribution in [3.8, 4) is 5.88 Å². The van der Waals surface area contributed by atoms with E-state index in [1.54, 1.807) is 0 Å². The van der Waals surface area contributed by atoms with Crippen LogP contribution in [-0.4, -0.2) is 35.8 Å². The van der Waals surface area contributed by atoms with E-state index in [4.69, 9.17) is 15.2 Å². The first-order chi connectivity index (χ1) is 10.6. The standard InChI is InChI=1S/C16H28N4O2/c1-4-5-8-22-16-13(17)15(19-14(20-16)11(2)3)18-10-12-7-6-9-21-12/h11-12H,4-10,17H2,1-3H3,(H,18,19,20). The lowest BCUT2D eigenvalue weighted by Gasteiger charge is -2.17. The Morgan fingerprint density at radius 2 is 2.23 bits per heavy atom. The van der Waals surface area contributed by atoms with Gasteiger partial charge in [-0.3, -0.25) is 0 Å². The summed E-state index contributed by atoms with van der Waals surface area (Å²) in [6.07, 6.45) is 4.50. The number of aromatic nitrogens is 2. The molecule has 0 spiro atoms. The van der Waals surface area contributed by atoms with Crippen LogP contribution in [0, 0.1) is 0 Å². The van der Waals surface area contributed by atoms with Crippen LogP contribution in [0.1, 0.15) is 58.2 Å². The average molecular weight is 308 g/mol. The quantitative estimate of drug-likeness (QED) is 0.719. The second-order valence-electron chi connectivity index (χ2n) is 6.02. The highest BCUT2D eigenvalue weighted by Gasteiger charge is 2.18. The Hall–Kier alpha value is -1.56. The van der Waals surface area contributed by atoms with Crippen molar-refractivity contribution in [2.75, 3.05) is 30.8 Å². The largest absolute Gasteiger partial charge is 0.476 e. The van der Waals surface area contributed by atoms with Gasteiger partial charge in [0.25, 0.3) is 0 Å². The maximum Gasteiger partial charge on any atom is 0.242 e. The van der Waals surface area contributed by atoms with E-state index in [0.717, 1.165) is 38.1 Å². The van der Waals surface area contributed by atoms with Crippen LogP contribution in [-0.2, 0) is 4.74 Å². The monoisotopic (exact) mass is 308 g/mol. The highest BCUT2D eigenvalue weighted by atomic mass is 16.5. The Balaban J connectivity index is 2.10. The Morgan fingerprint density at radius 3 is 2.86 bits per heavy atom. The molecule has 1 unspecified atom stereocenters. The second-order valence-corrected chi connectivity index (χ2v) is 6.02. The number of rotatable bonds is 8. The fraction of sp³-hybridized carbons (Fsp3) is 0.750. The minimum absolute atomic E-state index is 0.220. The number of unbranched alkanes of at least 4 members (excludes halogenated alkanes) is 1. The molecule has 1 fully saturated rings. The summed E-state index contributed by atoms with van der Waals surface area (Å²) < 4.78 is 11.4. The van der Waals surface area contributed by atoms with Gasteiger partial charge < -0.3 is 20.5 Å². The fourth-order valence-electron chi connectivity index (χ4n) is 2.30. The molecule has 1 aliphatic rings. The molecule has 124 valence electrons. The molecular formula is C16H28N4O2. The van der Waals surface area contributed by atoms with E-state index in [1.165, 1.54) is 0 Å². The summed E-state index contributed by atoms with van der Waals surface area (Å²) in [6.45, 7) is 8.43. The lowest BCUT2D eigenvalue weighted by molar-refractivity contribution is 0.120. The van der Waals surface area contributed by atoms with Gasteiger partial charge in [0.1, 0.15) is 11.5 Å². The third-order valence-corrected chi connectivity index (χ3v) is 3.70. The molecule has 2 heterocycles. The van der Waals surface area contributed by atoms with Gasteiger partial charge in [-0.2, -0.15) is 4.98 Å². The number of hydrogen-bond donors (Lipinski definition) is 2. The molecule has 22 heavy (non-hydrogen) atoms. The number of ether oxygens (including phenoxy) is 2. The van der Waals surface area contributed by atoms with Crippen molar-refractivity contribution >= 4 is 11.5 Å². The van der Waals surface area contributed by atoms with Gasteiger partial charge in [-0.1, -0.05) is 27.2 Å². The Morgan fingerprint density at radius 1 is 1.41 bits per heavy atom. The fourth-order valence-corrected chi connectivity index (χ4v) is 2.30. The van der Waals surface area contributed by atoms with Crippen LogP contribution in [0.25, 0.3) is 0 Å². The normalized spacial score (nSPS) is 17.9. The first-order valence-electron chi connectivity index (χ1n) is 8.27. The Kier molecular flexibility index (Phi) is 6.24. The Bertz CT molecular complexity index is 473. The summed E-state index contributed by atoms with van der Waals surface area (Å²) in [5, 5.41) is 3.30. The summed E-state index contributed by atoms with van der Waals surface area (Å²) >= 11 is 0. The molecule has 3 N–H and O–H groups in total. The summed E-state index contributed by atoms with van der Waals surface area (Å²) in [5.74, 6) is 2.11.